The highest BCUT2D eigenvalue weighted by molar-refractivity contribution is 5.94. The second-order valence-corrected chi connectivity index (χ2v) is 16.6. The molecule has 3 aliphatic rings. The van der Waals surface area contributed by atoms with Crippen molar-refractivity contribution in [3.05, 3.63) is 126 Å². The normalized spacial score (nSPS) is 14.4. The molecule has 3 N–H and O–H groups in total. The highest BCUT2D eigenvalue weighted by Crippen LogP contribution is 2.28. The summed E-state index contributed by atoms with van der Waals surface area (Å²) < 4.78 is 21.9. The maximum atomic E-state index is 5.43. The zero-order valence-corrected chi connectivity index (χ0v) is 40.7. The average molecular weight is 952 g/mol. The van der Waals surface area contributed by atoms with Crippen molar-refractivity contribution in [1.82, 2.24) is 59.2 Å². The van der Waals surface area contributed by atoms with Crippen LogP contribution >= 0.6 is 0 Å². The number of imidazole rings is 3. The summed E-state index contributed by atoms with van der Waals surface area (Å²) in [6.45, 7) is 14.1. The summed E-state index contributed by atoms with van der Waals surface area (Å²) in [5.41, 5.74) is 11.4. The minimum atomic E-state index is 0.758. The number of aromatic nitrogens is 12. The molecule has 0 bridgehead atoms. The lowest BCUT2D eigenvalue weighted by Gasteiger charge is -2.28. The largest absolute Gasteiger partial charge is 0.378 e. The first-order valence-electron chi connectivity index (χ1n) is 23.8. The van der Waals surface area contributed by atoms with E-state index in [9.17, 15) is 0 Å². The first-order valence-corrected chi connectivity index (χ1v) is 23.8. The standard InChI is InChI=1S/3C17H17N5O.C2H6/c1-21-12-18-11-14(21)3-5-17-15-10-13(2-4-16(15)19-20-17)22-6-8-23-9-7-22;1-21-12-18-11-14(21)3-5-16-15-4-2-13(10-17(15)20-19-16)22-6-8-23-9-7-22;1-21-12-18-11-13(21)5-6-15-14-3-2-4-16(17(14)20-19-15)22-7-9-23-10-8-22;1-2/h2*2,4,10-12H,6-9H2,1H3,(H,19,20);2-4,11-12H,7-10H2,1H3,(H,19,20);1-2H3. The molecule has 3 aromatic carbocycles. The summed E-state index contributed by atoms with van der Waals surface area (Å²) in [5, 5.41) is 25.5. The lowest BCUT2D eigenvalue weighted by Crippen LogP contribution is -2.36. The van der Waals surface area contributed by atoms with Crippen LogP contribution in [0.2, 0.25) is 0 Å². The predicted octanol–water partition coefficient (Wildman–Crippen LogP) is 5.62. The van der Waals surface area contributed by atoms with Gasteiger partial charge in [-0.3, -0.25) is 15.3 Å². The van der Waals surface area contributed by atoms with Gasteiger partial charge in [-0.1, -0.05) is 19.9 Å². The van der Waals surface area contributed by atoms with Crippen LogP contribution in [0.4, 0.5) is 17.1 Å². The van der Waals surface area contributed by atoms with Gasteiger partial charge in [-0.25, -0.2) is 15.0 Å². The molecule has 0 saturated carbocycles. The van der Waals surface area contributed by atoms with Gasteiger partial charge in [0, 0.05) is 87.9 Å². The molecule has 0 unspecified atom stereocenters. The lowest BCUT2D eigenvalue weighted by atomic mass is 10.1. The predicted molar refractivity (Wildman–Crippen MR) is 276 cm³/mol. The number of aryl methyl sites for hydroxylation is 3. The van der Waals surface area contributed by atoms with Gasteiger partial charge < -0.3 is 42.6 Å². The van der Waals surface area contributed by atoms with Crippen LogP contribution in [0.25, 0.3) is 32.7 Å². The van der Waals surface area contributed by atoms with E-state index in [2.05, 4.69) is 144 Å². The van der Waals surface area contributed by atoms with Crippen LogP contribution in [0.1, 0.15) is 48.0 Å². The average Bonchev–Trinajstić information content (AvgIpc) is 4.32. The summed E-state index contributed by atoms with van der Waals surface area (Å²) in [4.78, 5) is 19.2. The molecule has 0 spiro atoms. The molecule has 3 fully saturated rings. The van der Waals surface area contributed by atoms with Crippen molar-refractivity contribution < 1.29 is 14.2 Å². The van der Waals surface area contributed by atoms with Gasteiger partial charge in [0.2, 0.25) is 0 Å². The summed E-state index contributed by atoms with van der Waals surface area (Å²) in [5.74, 6) is 18.9. The van der Waals surface area contributed by atoms with E-state index >= 15 is 0 Å². The molecular formula is C53H57N15O3. The second kappa shape index (κ2) is 22.8. The van der Waals surface area contributed by atoms with Crippen LogP contribution in [0, 0.1) is 35.5 Å². The molecule has 0 atom stereocenters. The van der Waals surface area contributed by atoms with Crippen LogP contribution in [-0.2, 0) is 35.4 Å². The number of ether oxygens (including phenoxy) is 3. The molecule has 71 heavy (non-hydrogen) atoms. The number of nitrogens with one attached hydrogen (secondary N) is 3. The van der Waals surface area contributed by atoms with Crippen LogP contribution in [-0.4, -0.2) is 138 Å². The Morgan fingerprint density at radius 1 is 0.451 bits per heavy atom. The molecule has 0 amide bonds. The van der Waals surface area contributed by atoms with Crippen molar-refractivity contribution in [3.8, 4) is 35.5 Å². The Balaban J connectivity index is 0.000000130. The number of anilines is 3. The fourth-order valence-corrected chi connectivity index (χ4v) is 8.22. The molecule has 0 aliphatic carbocycles. The molecule has 3 aliphatic heterocycles. The summed E-state index contributed by atoms with van der Waals surface area (Å²) in [7, 11) is 5.79. The summed E-state index contributed by atoms with van der Waals surface area (Å²) in [6.07, 6.45) is 10.5. The number of para-hydroxylation sites is 1. The van der Waals surface area contributed by atoms with Gasteiger partial charge in [0.25, 0.3) is 0 Å². The number of fused-ring (bicyclic) bond motifs is 3. The van der Waals surface area contributed by atoms with Gasteiger partial charge in [0.05, 0.1) is 93.9 Å². The van der Waals surface area contributed by atoms with E-state index in [0.29, 0.717) is 0 Å². The highest BCUT2D eigenvalue weighted by atomic mass is 16.5. The minimum absolute atomic E-state index is 0.758. The molecule has 6 aromatic heterocycles. The Morgan fingerprint density at radius 3 is 1.42 bits per heavy atom. The number of aromatic amines is 3. The fourth-order valence-electron chi connectivity index (χ4n) is 8.22. The quantitative estimate of drug-likeness (QED) is 0.187. The number of H-pyrrole nitrogens is 3. The van der Waals surface area contributed by atoms with Crippen LogP contribution < -0.4 is 14.7 Å². The Hall–Kier alpha value is -8.34. The zero-order valence-electron chi connectivity index (χ0n) is 40.7. The van der Waals surface area contributed by atoms with Crippen molar-refractivity contribution in [3.63, 3.8) is 0 Å². The molecule has 9 heterocycles. The van der Waals surface area contributed by atoms with Crippen molar-refractivity contribution in [2.24, 2.45) is 21.1 Å². The first kappa shape index (κ1) is 47.7. The van der Waals surface area contributed by atoms with E-state index in [-0.39, 0.29) is 0 Å². The van der Waals surface area contributed by atoms with Gasteiger partial charge in [0.15, 0.2) is 0 Å². The SMILES string of the molecule is CC.Cn1cncc1C#Cc1[nH]nc2c(N3CCOCC3)cccc12.Cn1cncc1C#Cc1[nH]nc2cc(N3CCOCC3)ccc12.Cn1cncc1C#Cc1[nH]nc2ccc(N3CCOCC3)cc12. The van der Waals surface area contributed by atoms with Gasteiger partial charge >= 0.3 is 0 Å². The van der Waals surface area contributed by atoms with Crippen molar-refractivity contribution in [1.29, 1.82) is 0 Å². The highest BCUT2D eigenvalue weighted by Gasteiger charge is 2.18. The smallest absolute Gasteiger partial charge is 0.117 e. The van der Waals surface area contributed by atoms with E-state index in [0.717, 1.165) is 151 Å². The Labute approximate surface area is 412 Å². The third kappa shape index (κ3) is 11.3. The molecular weight excluding hydrogens is 895 g/mol. The number of morpholine rings is 3. The third-order valence-corrected chi connectivity index (χ3v) is 12.1. The Bertz CT molecular complexity index is 3330. The number of hydrogen-bond acceptors (Lipinski definition) is 12. The molecule has 9 aromatic rings. The van der Waals surface area contributed by atoms with Crippen molar-refractivity contribution in [2.75, 3.05) is 93.6 Å². The summed E-state index contributed by atoms with van der Waals surface area (Å²) >= 11 is 0. The first-order chi connectivity index (χ1) is 34.9. The van der Waals surface area contributed by atoms with Gasteiger partial charge in [0.1, 0.15) is 39.7 Å². The molecule has 362 valence electrons. The van der Waals surface area contributed by atoms with E-state index < -0.39 is 0 Å². The van der Waals surface area contributed by atoms with E-state index in [1.807, 2.05) is 54.8 Å². The van der Waals surface area contributed by atoms with E-state index in [4.69, 9.17) is 14.2 Å². The van der Waals surface area contributed by atoms with E-state index in [1.54, 1.807) is 37.6 Å². The van der Waals surface area contributed by atoms with Crippen LogP contribution in [0.3, 0.4) is 0 Å². The number of nitrogens with zero attached hydrogens (tertiary/aromatic N) is 12. The number of rotatable bonds is 3. The lowest BCUT2D eigenvalue weighted by molar-refractivity contribution is 0.122. The topological polar surface area (TPSA) is 177 Å². The monoisotopic (exact) mass is 951 g/mol. The van der Waals surface area contributed by atoms with Gasteiger partial charge in [-0.15, -0.1) is 0 Å². The minimum Gasteiger partial charge on any atom is -0.378 e. The molecule has 18 nitrogen and oxygen atoms in total. The van der Waals surface area contributed by atoms with Crippen molar-refractivity contribution in [2.45, 2.75) is 13.8 Å². The zero-order chi connectivity index (χ0) is 48.9. The molecule has 0 radical (unpaired) electrons. The third-order valence-electron chi connectivity index (χ3n) is 12.1. The number of benzene rings is 3. The van der Waals surface area contributed by atoms with Crippen LogP contribution in [0.15, 0.2) is 92.2 Å². The van der Waals surface area contributed by atoms with Gasteiger partial charge in [-0.2, -0.15) is 15.3 Å². The maximum absolute atomic E-state index is 5.43. The number of hydrogen-bond donors (Lipinski definition) is 3. The van der Waals surface area contributed by atoms with Crippen LogP contribution in [0.5, 0.6) is 0 Å². The molecule has 18 heteroatoms. The molecule has 12 rings (SSSR count). The van der Waals surface area contributed by atoms with Gasteiger partial charge in [-0.05, 0) is 84.1 Å². The second-order valence-electron chi connectivity index (χ2n) is 16.6. The fraction of sp³-hybridized carbons (Fsp3) is 0.321. The Kier molecular flexibility index (Phi) is 15.4. The summed E-state index contributed by atoms with van der Waals surface area (Å²) in [6, 6.07) is 18.8. The molecule has 3 saturated heterocycles. The van der Waals surface area contributed by atoms with Crippen molar-refractivity contribution >= 4 is 49.8 Å². The Morgan fingerprint density at radius 2 is 0.901 bits per heavy atom. The maximum Gasteiger partial charge on any atom is 0.117 e. The van der Waals surface area contributed by atoms with E-state index in [1.165, 1.54) is 11.4 Å².